The second kappa shape index (κ2) is 11.6. The molecule has 4 rings (SSSR count). The van der Waals surface area contributed by atoms with E-state index in [1.165, 1.54) is 0 Å². The number of nitrogens with one attached hydrogen (secondary N) is 1. The number of aromatic amines is 1. The number of halogens is 2. The normalized spacial score (nSPS) is 14.9. The quantitative estimate of drug-likeness (QED) is 0.332. The van der Waals surface area contributed by atoms with Crippen LogP contribution in [-0.4, -0.2) is 51.6 Å². The maximum Gasteiger partial charge on any atom is 0.320 e. The number of carboxylic acids is 1. The molecule has 1 aromatic heterocycles. The first-order valence-electron chi connectivity index (χ1n) is 10.7. The number of aromatic nitrogens is 1. The summed E-state index contributed by atoms with van der Waals surface area (Å²) in [5.41, 5.74) is 7.86. The lowest BCUT2D eigenvalue weighted by molar-refractivity contribution is -0.138. The van der Waals surface area contributed by atoms with Gasteiger partial charge in [0.1, 0.15) is 11.8 Å². The molecular weight excluding hydrogens is 570 g/mol. The number of hydrogen-bond acceptors (Lipinski definition) is 5. The van der Waals surface area contributed by atoms with E-state index in [9.17, 15) is 19.5 Å². The van der Waals surface area contributed by atoms with Crippen LogP contribution in [0.1, 0.15) is 29.9 Å². The zero-order valence-corrected chi connectivity index (χ0v) is 21.4. The van der Waals surface area contributed by atoms with Crippen molar-refractivity contribution in [2.75, 3.05) is 13.1 Å². The molecule has 8 nitrogen and oxygen atoms in total. The highest BCUT2D eigenvalue weighted by molar-refractivity contribution is 9.11. The molecule has 180 valence electrons. The van der Waals surface area contributed by atoms with Gasteiger partial charge in [-0.25, -0.2) is 0 Å². The molecule has 1 aliphatic rings. The molecule has 1 saturated heterocycles. The predicted octanol–water partition coefficient (Wildman–Crippen LogP) is 3.74. The number of aromatic hydroxyl groups is 1. The van der Waals surface area contributed by atoms with Gasteiger partial charge in [0.25, 0.3) is 5.56 Å². The van der Waals surface area contributed by atoms with Crippen molar-refractivity contribution in [2.45, 2.75) is 31.2 Å². The fourth-order valence-electron chi connectivity index (χ4n) is 3.86. The van der Waals surface area contributed by atoms with E-state index >= 15 is 0 Å². The standard InChI is InChI=1S/C15H16N2O2.C9H9Br2NO3/c18-10-17-7-5-11(6-8-17)13-9-12-3-1-2-4-14(12)16-15(13)19;10-5-1-4(2-6(11)8(5)13)3-7(12)9(14)15/h1-4,9-11H,5-8H2,(H,16,19);1-2,7,13H,3,12H2,(H,14,15). The van der Waals surface area contributed by atoms with Crippen LogP contribution in [0.2, 0.25) is 0 Å². The van der Waals surface area contributed by atoms with Crippen LogP contribution in [-0.2, 0) is 16.0 Å². The molecule has 0 bridgehead atoms. The fourth-order valence-corrected chi connectivity index (χ4v) is 5.14. The highest BCUT2D eigenvalue weighted by Gasteiger charge is 2.22. The highest BCUT2D eigenvalue weighted by atomic mass is 79.9. The summed E-state index contributed by atoms with van der Waals surface area (Å²) in [6.07, 6.45) is 2.83. The third kappa shape index (κ3) is 6.46. The lowest BCUT2D eigenvalue weighted by Gasteiger charge is -2.29. The number of para-hydroxylation sites is 1. The van der Waals surface area contributed by atoms with Crippen LogP contribution < -0.4 is 11.3 Å². The zero-order chi connectivity index (χ0) is 24.8. The molecule has 1 fully saturated rings. The van der Waals surface area contributed by atoms with Crippen molar-refractivity contribution >= 4 is 55.1 Å². The number of piperidine rings is 1. The first-order valence-corrected chi connectivity index (χ1v) is 12.2. The molecule has 5 N–H and O–H groups in total. The van der Waals surface area contributed by atoms with Gasteiger partial charge in [-0.3, -0.25) is 14.4 Å². The van der Waals surface area contributed by atoms with Gasteiger partial charge in [-0.2, -0.15) is 0 Å². The average molecular weight is 595 g/mol. The molecule has 0 aliphatic carbocycles. The molecule has 2 aromatic carbocycles. The molecule has 0 spiro atoms. The SMILES string of the molecule is NC(Cc1cc(Br)c(O)c(Br)c1)C(=O)O.O=CN1CCC(c2cc3ccccc3[nH]c2=O)CC1. The number of benzene rings is 2. The van der Waals surface area contributed by atoms with E-state index in [0.29, 0.717) is 8.95 Å². The van der Waals surface area contributed by atoms with Gasteiger partial charge in [-0.05, 0) is 92.3 Å². The van der Waals surface area contributed by atoms with E-state index in [0.717, 1.165) is 54.4 Å². The van der Waals surface area contributed by atoms with E-state index in [4.69, 9.17) is 10.8 Å². The first kappa shape index (κ1) is 25.9. The summed E-state index contributed by atoms with van der Waals surface area (Å²) in [5.74, 6) is -0.706. The highest BCUT2D eigenvalue weighted by Crippen LogP contribution is 2.33. The Kier molecular flexibility index (Phi) is 8.87. The Balaban J connectivity index is 0.000000197. The summed E-state index contributed by atoms with van der Waals surface area (Å²) in [6.45, 7) is 1.47. The van der Waals surface area contributed by atoms with Crippen molar-refractivity contribution in [1.82, 2.24) is 9.88 Å². The number of nitrogens with zero attached hydrogens (tertiary/aromatic N) is 1. The molecule has 1 amide bonds. The number of nitrogens with two attached hydrogens (primary N) is 1. The van der Waals surface area contributed by atoms with Crippen molar-refractivity contribution in [1.29, 1.82) is 0 Å². The van der Waals surface area contributed by atoms with Crippen molar-refractivity contribution in [3.05, 3.63) is 72.9 Å². The number of carboxylic acid groups (broad SMARTS) is 1. The number of H-pyrrole nitrogens is 1. The van der Waals surface area contributed by atoms with Crippen LogP contribution in [0.4, 0.5) is 0 Å². The number of aliphatic carboxylic acids is 1. The van der Waals surface area contributed by atoms with Gasteiger partial charge < -0.3 is 25.8 Å². The molecule has 1 atom stereocenters. The van der Waals surface area contributed by atoms with Gasteiger partial charge in [-0.15, -0.1) is 0 Å². The fraction of sp³-hybridized carbons (Fsp3) is 0.292. The number of amides is 1. The summed E-state index contributed by atoms with van der Waals surface area (Å²) in [5, 5.41) is 19.1. The van der Waals surface area contributed by atoms with Crippen molar-refractivity contribution in [3.8, 4) is 5.75 Å². The number of hydrogen-bond donors (Lipinski definition) is 4. The molecule has 34 heavy (non-hydrogen) atoms. The molecule has 10 heteroatoms. The molecule has 0 radical (unpaired) electrons. The minimum absolute atomic E-state index is 0.00301. The van der Waals surface area contributed by atoms with E-state index in [1.54, 1.807) is 17.0 Å². The Labute approximate surface area is 213 Å². The largest absolute Gasteiger partial charge is 0.506 e. The van der Waals surface area contributed by atoms with Crippen LogP contribution in [0.5, 0.6) is 5.75 Å². The number of rotatable bonds is 5. The van der Waals surface area contributed by atoms with Crippen LogP contribution in [0, 0.1) is 0 Å². The number of carbonyl (C=O) groups is 2. The Morgan fingerprint density at radius 2 is 1.79 bits per heavy atom. The van der Waals surface area contributed by atoms with Crippen molar-refractivity contribution < 1.29 is 19.8 Å². The van der Waals surface area contributed by atoms with Crippen LogP contribution in [0.3, 0.4) is 0 Å². The van der Waals surface area contributed by atoms with Crippen LogP contribution >= 0.6 is 31.9 Å². The topological polar surface area (TPSA) is 137 Å². The summed E-state index contributed by atoms with van der Waals surface area (Å²) in [4.78, 5) is 38.1. The average Bonchev–Trinajstić information content (AvgIpc) is 2.82. The Hall–Kier alpha value is -2.69. The summed E-state index contributed by atoms with van der Waals surface area (Å²) in [6, 6.07) is 12.2. The first-order chi connectivity index (χ1) is 16.2. The number of fused-ring (bicyclic) bond motifs is 1. The van der Waals surface area contributed by atoms with Crippen LogP contribution in [0.15, 0.2) is 56.2 Å². The predicted molar refractivity (Wildman–Crippen MR) is 137 cm³/mol. The van der Waals surface area contributed by atoms with Gasteiger partial charge in [0.05, 0.1) is 8.95 Å². The minimum atomic E-state index is -1.05. The Bertz CT molecular complexity index is 1220. The maximum atomic E-state index is 12.1. The van der Waals surface area contributed by atoms with Crippen molar-refractivity contribution in [2.24, 2.45) is 5.73 Å². The van der Waals surface area contributed by atoms with E-state index in [-0.39, 0.29) is 23.6 Å². The number of pyridine rings is 1. The maximum absolute atomic E-state index is 12.1. The summed E-state index contributed by atoms with van der Waals surface area (Å²) < 4.78 is 1.01. The van der Waals surface area contributed by atoms with Crippen molar-refractivity contribution in [3.63, 3.8) is 0 Å². The monoisotopic (exact) mass is 593 g/mol. The second-order valence-corrected chi connectivity index (χ2v) is 9.82. The Morgan fingerprint density at radius 3 is 2.38 bits per heavy atom. The molecular formula is C24H25Br2N3O5. The smallest absolute Gasteiger partial charge is 0.320 e. The molecule has 3 aromatic rings. The van der Waals surface area contributed by atoms with E-state index < -0.39 is 12.0 Å². The number of phenols is 1. The van der Waals surface area contributed by atoms with Gasteiger partial charge in [0, 0.05) is 24.2 Å². The summed E-state index contributed by atoms with van der Waals surface area (Å²) >= 11 is 6.31. The molecule has 1 unspecified atom stereocenters. The minimum Gasteiger partial charge on any atom is -0.506 e. The third-order valence-electron chi connectivity index (χ3n) is 5.75. The lowest BCUT2D eigenvalue weighted by atomic mass is 9.90. The van der Waals surface area contributed by atoms with Gasteiger partial charge in [0.2, 0.25) is 6.41 Å². The summed E-state index contributed by atoms with van der Waals surface area (Å²) in [7, 11) is 0. The van der Waals surface area contributed by atoms with Gasteiger partial charge in [-0.1, -0.05) is 18.2 Å². The molecule has 0 saturated carbocycles. The van der Waals surface area contributed by atoms with Gasteiger partial charge in [0.15, 0.2) is 0 Å². The molecule has 1 aliphatic heterocycles. The second-order valence-electron chi connectivity index (χ2n) is 8.11. The third-order valence-corrected chi connectivity index (χ3v) is 6.96. The number of carbonyl (C=O) groups excluding carboxylic acids is 1. The van der Waals surface area contributed by atoms with E-state index in [1.807, 2.05) is 30.3 Å². The molecule has 2 heterocycles. The van der Waals surface area contributed by atoms with E-state index in [2.05, 4.69) is 36.8 Å². The number of likely N-dealkylation sites (tertiary alicyclic amines) is 1. The Morgan fingerprint density at radius 1 is 1.18 bits per heavy atom. The lowest BCUT2D eigenvalue weighted by Crippen LogP contribution is -2.33. The zero-order valence-electron chi connectivity index (χ0n) is 18.2. The number of phenolic OH excluding ortho intramolecular Hbond substituents is 1. The van der Waals surface area contributed by atoms with Gasteiger partial charge >= 0.3 is 5.97 Å². The van der Waals surface area contributed by atoms with Crippen LogP contribution in [0.25, 0.3) is 10.9 Å².